The summed E-state index contributed by atoms with van der Waals surface area (Å²) in [6.45, 7) is 1.08. The molecule has 0 saturated carbocycles. The zero-order chi connectivity index (χ0) is 22.1. The molecule has 0 unspecified atom stereocenters. The zero-order valence-corrected chi connectivity index (χ0v) is 18.2. The lowest BCUT2D eigenvalue weighted by Gasteiger charge is -2.25. The number of carbonyl (C=O) groups is 1. The lowest BCUT2D eigenvalue weighted by molar-refractivity contribution is -0.131. The fraction of sp³-hybridized carbons (Fsp3) is 0.480. The van der Waals surface area contributed by atoms with Crippen molar-refractivity contribution in [2.45, 2.75) is 50.7 Å². The summed E-state index contributed by atoms with van der Waals surface area (Å²) in [5.74, 6) is 1.59. The number of hydrogen-bond acceptors (Lipinski definition) is 5. The number of hydrogen-bond donors (Lipinski definition) is 2. The Morgan fingerprint density at radius 2 is 1.84 bits per heavy atom. The van der Waals surface area contributed by atoms with E-state index in [2.05, 4.69) is 0 Å². The largest absolute Gasteiger partial charge is 0.496 e. The third-order valence-electron chi connectivity index (χ3n) is 5.80. The molecule has 0 aromatic heterocycles. The van der Waals surface area contributed by atoms with Crippen LogP contribution in [0.4, 0.5) is 0 Å². The van der Waals surface area contributed by atoms with Crippen LogP contribution < -0.4 is 9.47 Å². The van der Waals surface area contributed by atoms with E-state index in [9.17, 15) is 15.0 Å². The molecule has 1 heterocycles. The van der Waals surface area contributed by atoms with Crippen LogP contribution in [-0.4, -0.2) is 60.0 Å². The van der Waals surface area contributed by atoms with Gasteiger partial charge in [0.05, 0.1) is 13.2 Å². The number of ether oxygens (including phenoxy) is 2. The Kier molecular flexibility index (Phi) is 8.74. The van der Waals surface area contributed by atoms with Gasteiger partial charge in [0, 0.05) is 19.5 Å². The Morgan fingerprint density at radius 3 is 2.68 bits per heavy atom. The van der Waals surface area contributed by atoms with Crippen molar-refractivity contribution in [1.82, 2.24) is 4.90 Å². The molecule has 2 atom stereocenters. The van der Waals surface area contributed by atoms with Crippen LogP contribution in [-0.2, 0) is 17.6 Å². The number of fused-ring (bicyclic) bond motifs is 1. The number of methoxy groups -OCH3 is 1. The van der Waals surface area contributed by atoms with Crippen molar-refractivity contribution in [2.24, 2.45) is 0 Å². The monoisotopic (exact) mass is 427 g/mol. The molecule has 1 amide bonds. The maximum atomic E-state index is 13.0. The second-order valence-electron chi connectivity index (χ2n) is 7.99. The fourth-order valence-corrected chi connectivity index (χ4v) is 3.91. The number of rotatable bonds is 4. The third kappa shape index (κ3) is 6.71. The van der Waals surface area contributed by atoms with Gasteiger partial charge < -0.3 is 24.6 Å². The summed E-state index contributed by atoms with van der Waals surface area (Å²) >= 11 is 0. The van der Waals surface area contributed by atoms with Crippen molar-refractivity contribution in [3.63, 3.8) is 0 Å². The summed E-state index contributed by atoms with van der Waals surface area (Å²) in [5, 5.41) is 20.7. The first-order valence-electron chi connectivity index (χ1n) is 11.0. The highest BCUT2D eigenvalue weighted by Gasteiger charge is 2.22. The van der Waals surface area contributed by atoms with Gasteiger partial charge in [0.2, 0.25) is 5.91 Å². The van der Waals surface area contributed by atoms with Gasteiger partial charge in [-0.25, -0.2) is 0 Å². The predicted molar refractivity (Wildman–Crippen MR) is 119 cm³/mol. The second kappa shape index (κ2) is 11.7. The minimum atomic E-state index is -1.00. The molecule has 168 valence electrons. The van der Waals surface area contributed by atoms with E-state index in [1.165, 1.54) is 0 Å². The standard InChI is InChI=1S/C25H33NO5/c1-30-23-11-4-2-9-20(23)13-14-25(29)26-16-7-6-10-19-8-3-5-12-24(19)31-18-22(28)21(27)15-17-26/h2-5,8-9,11-12,21-22,27-28H,6-7,10,13-18H2,1H3/t21-,22+/m0/s1. The van der Waals surface area contributed by atoms with Gasteiger partial charge in [-0.1, -0.05) is 36.4 Å². The molecule has 2 N–H and O–H groups in total. The normalized spacial score (nSPS) is 20.4. The van der Waals surface area contributed by atoms with E-state index in [4.69, 9.17) is 9.47 Å². The van der Waals surface area contributed by atoms with E-state index in [0.29, 0.717) is 32.4 Å². The Bertz CT molecular complexity index is 840. The van der Waals surface area contributed by atoms with Crippen LogP contribution in [0.5, 0.6) is 11.5 Å². The van der Waals surface area contributed by atoms with Gasteiger partial charge in [0.1, 0.15) is 24.2 Å². The Labute approximate surface area is 184 Å². The van der Waals surface area contributed by atoms with E-state index < -0.39 is 12.2 Å². The SMILES string of the molecule is COc1ccccc1CCC(=O)N1CCCCc2ccccc2OC[C@@H](O)[C@@H](O)CC1. The molecule has 0 aliphatic carbocycles. The number of aliphatic hydroxyl groups is 2. The first-order valence-corrected chi connectivity index (χ1v) is 11.0. The molecule has 2 aromatic carbocycles. The van der Waals surface area contributed by atoms with Crippen LogP contribution in [0.3, 0.4) is 0 Å². The molecule has 1 aliphatic heterocycles. The minimum absolute atomic E-state index is 0.0277. The molecule has 0 spiro atoms. The van der Waals surface area contributed by atoms with Gasteiger partial charge in [-0.3, -0.25) is 4.79 Å². The highest BCUT2D eigenvalue weighted by atomic mass is 16.5. The van der Waals surface area contributed by atoms with Crippen LogP contribution >= 0.6 is 0 Å². The molecule has 2 aromatic rings. The first kappa shape index (κ1) is 23.1. The molecule has 0 fully saturated rings. The van der Waals surface area contributed by atoms with Crippen molar-refractivity contribution in [3.8, 4) is 11.5 Å². The van der Waals surface area contributed by atoms with E-state index in [1.54, 1.807) is 7.11 Å². The number of amides is 1. The fourth-order valence-electron chi connectivity index (χ4n) is 3.91. The summed E-state index contributed by atoms with van der Waals surface area (Å²) in [6.07, 6.45) is 1.99. The number of aryl methyl sites for hydroxylation is 2. The molecule has 3 rings (SSSR count). The number of nitrogens with zero attached hydrogens (tertiary/aromatic N) is 1. The van der Waals surface area contributed by atoms with Gasteiger partial charge in [-0.05, 0) is 55.4 Å². The molecular weight excluding hydrogens is 394 g/mol. The Balaban J connectivity index is 1.64. The third-order valence-corrected chi connectivity index (χ3v) is 5.80. The lowest BCUT2D eigenvalue weighted by Crippen LogP contribution is -2.38. The molecular formula is C25H33NO5. The smallest absolute Gasteiger partial charge is 0.222 e. The second-order valence-corrected chi connectivity index (χ2v) is 7.99. The van der Waals surface area contributed by atoms with Crippen LogP contribution in [0.25, 0.3) is 0 Å². The maximum Gasteiger partial charge on any atom is 0.222 e. The highest BCUT2D eigenvalue weighted by molar-refractivity contribution is 5.76. The average molecular weight is 428 g/mol. The van der Waals surface area contributed by atoms with E-state index in [-0.39, 0.29) is 12.5 Å². The van der Waals surface area contributed by atoms with E-state index >= 15 is 0 Å². The molecule has 6 heteroatoms. The van der Waals surface area contributed by atoms with Crippen LogP contribution in [0.1, 0.15) is 36.8 Å². The van der Waals surface area contributed by atoms with Gasteiger partial charge in [0.25, 0.3) is 0 Å². The van der Waals surface area contributed by atoms with Crippen molar-refractivity contribution in [1.29, 1.82) is 0 Å². The van der Waals surface area contributed by atoms with Crippen molar-refractivity contribution < 1.29 is 24.5 Å². The summed E-state index contributed by atoms with van der Waals surface area (Å²) in [7, 11) is 1.63. The number of para-hydroxylation sites is 2. The van der Waals surface area contributed by atoms with Gasteiger partial charge in [-0.15, -0.1) is 0 Å². The number of carbonyl (C=O) groups excluding carboxylic acids is 1. The summed E-state index contributed by atoms with van der Waals surface area (Å²) in [5.41, 5.74) is 2.09. The zero-order valence-electron chi connectivity index (χ0n) is 18.2. The van der Waals surface area contributed by atoms with E-state index in [0.717, 1.165) is 41.9 Å². The van der Waals surface area contributed by atoms with Gasteiger partial charge in [-0.2, -0.15) is 0 Å². The molecule has 31 heavy (non-hydrogen) atoms. The maximum absolute atomic E-state index is 13.0. The first-order chi connectivity index (χ1) is 15.1. The molecule has 0 saturated heterocycles. The summed E-state index contributed by atoms with van der Waals surface area (Å²) in [4.78, 5) is 14.8. The number of aliphatic hydroxyl groups excluding tert-OH is 2. The minimum Gasteiger partial charge on any atom is -0.496 e. The highest BCUT2D eigenvalue weighted by Crippen LogP contribution is 2.22. The molecule has 0 radical (unpaired) electrons. The van der Waals surface area contributed by atoms with Crippen molar-refractivity contribution >= 4 is 5.91 Å². The topological polar surface area (TPSA) is 79.2 Å². The molecule has 0 bridgehead atoms. The van der Waals surface area contributed by atoms with Crippen molar-refractivity contribution in [3.05, 3.63) is 59.7 Å². The van der Waals surface area contributed by atoms with Gasteiger partial charge >= 0.3 is 0 Å². The van der Waals surface area contributed by atoms with Crippen LogP contribution in [0.2, 0.25) is 0 Å². The van der Waals surface area contributed by atoms with Crippen LogP contribution in [0, 0.1) is 0 Å². The summed E-state index contributed by atoms with van der Waals surface area (Å²) < 4.78 is 11.1. The van der Waals surface area contributed by atoms with E-state index in [1.807, 2.05) is 53.4 Å². The quantitative estimate of drug-likeness (QED) is 0.784. The van der Waals surface area contributed by atoms with Crippen LogP contribution in [0.15, 0.2) is 48.5 Å². The Morgan fingerprint density at radius 1 is 1.06 bits per heavy atom. The Hall–Kier alpha value is -2.57. The molecule has 1 aliphatic rings. The average Bonchev–Trinajstić information content (AvgIpc) is 2.81. The predicted octanol–water partition coefficient (Wildman–Crippen LogP) is 2.98. The number of benzene rings is 2. The molecule has 6 nitrogen and oxygen atoms in total. The van der Waals surface area contributed by atoms with Crippen molar-refractivity contribution in [2.75, 3.05) is 26.8 Å². The van der Waals surface area contributed by atoms with Gasteiger partial charge in [0.15, 0.2) is 0 Å². The lowest BCUT2D eigenvalue weighted by atomic mass is 10.1. The summed E-state index contributed by atoms with van der Waals surface area (Å²) in [6, 6.07) is 15.5.